The van der Waals surface area contributed by atoms with E-state index in [-0.39, 0.29) is 12.4 Å². The van der Waals surface area contributed by atoms with Crippen LogP contribution in [-0.2, 0) is 6.42 Å². The summed E-state index contributed by atoms with van der Waals surface area (Å²) in [6.45, 7) is 0.736. The van der Waals surface area contributed by atoms with Gasteiger partial charge in [-0.2, -0.15) is 0 Å². The summed E-state index contributed by atoms with van der Waals surface area (Å²) in [5.41, 5.74) is 8.31. The van der Waals surface area contributed by atoms with Crippen molar-refractivity contribution >= 4 is 12.4 Å². The zero-order chi connectivity index (χ0) is 9.97. The predicted molar refractivity (Wildman–Crippen MR) is 64.7 cm³/mol. The summed E-state index contributed by atoms with van der Waals surface area (Å²) in [5, 5.41) is 9.44. The maximum absolute atomic E-state index is 9.44. The van der Waals surface area contributed by atoms with Crippen molar-refractivity contribution in [1.29, 1.82) is 0 Å². The van der Waals surface area contributed by atoms with Crippen molar-refractivity contribution in [3.05, 3.63) is 29.3 Å². The molecule has 0 aromatic heterocycles. The number of hydrogen-bond donors (Lipinski definition) is 2. The predicted octanol–water partition coefficient (Wildman–Crippen LogP) is 2.58. The Kier molecular flexibility index (Phi) is 4.43. The standard InChI is InChI=1S/C12H17NO.ClH/c13-7-6-10-3-1-2-9-4-5-11(14)8-12(9)10;/h4-5,8,10,14H,1-3,6-7,13H2;1H. The minimum absolute atomic E-state index is 0. The number of halogens is 1. The summed E-state index contributed by atoms with van der Waals surface area (Å²) in [7, 11) is 0. The third-order valence-corrected chi connectivity index (χ3v) is 3.08. The molecule has 0 fully saturated rings. The number of fused-ring (bicyclic) bond motifs is 1. The van der Waals surface area contributed by atoms with E-state index in [0.717, 1.165) is 19.4 Å². The molecule has 0 saturated heterocycles. The molecular formula is C12H18ClNO. The van der Waals surface area contributed by atoms with E-state index in [1.807, 2.05) is 12.1 Å². The van der Waals surface area contributed by atoms with E-state index in [2.05, 4.69) is 0 Å². The van der Waals surface area contributed by atoms with Crippen molar-refractivity contribution in [3.63, 3.8) is 0 Å². The Hall–Kier alpha value is -0.730. The average molecular weight is 228 g/mol. The van der Waals surface area contributed by atoms with Crippen molar-refractivity contribution in [2.24, 2.45) is 5.73 Å². The molecule has 0 heterocycles. The molecule has 2 rings (SSSR count). The smallest absolute Gasteiger partial charge is 0.115 e. The number of aromatic hydroxyl groups is 1. The van der Waals surface area contributed by atoms with E-state index in [0.29, 0.717) is 11.7 Å². The van der Waals surface area contributed by atoms with E-state index < -0.39 is 0 Å². The van der Waals surface area contributed by atoms with Crippen LogP contribution in [0.15, 0.2) is 18.2 Å². The van der Waals surface area contributed by atoms with Crippen LogP contribution in [-0.4, -0.2) is 11.7 Å². The van der Waals surface area contributed by atoms with Gasteiger partial charge in [0.2, 0.25) is 0 Å². The van der Waals surface area contributed by atoms with Crippen molar-refractivity contribution in [3.8, 4) is 5.75 Å². The second kappa shape index (κ2) is 5.38. The van der Waals surface area contributed by atoms with Gasteiger partial charge in [0.25, 0.3) is 0 Å². The molecule has 0 spiro atoms. The summed E-state index contributed by atoms with van der Waals surface area (Å²) >= 11 is 0. The van der Waals surface area contributed by atoms with Crippen molar-refractivity contribution < 1.29 is 5.11 Å². The number of nitrogens with two attached hydrogens (primary N) is 1. The molecular weight excluding hydrogens is 210 g/mol. The van der Waals surface area contributed by atoms with Crippen LogP contribution in [0.4, 0.5) is 0 Å². The molecule has 0 saturated carbocycles. The molecule has 3 heteroatoms. The van der Waals surface area contributed by atoms with Gasteiger partial charge in [-0.1, -0.05) is 6.07 Å². The lowest BCUT2D eigenvalue weighted by atomic mass is 9.81. The molecule has 0 radical (unpaired) electrons. The quantitative estimate of drug-likeness (QED) is 0.816. The Bertz CT molecular complexity index is 327. The zero-order valence-electron chi connectivity index (χ0n) is 8.78. The summed E-state index contributed by atoms with van der Waals surface area (Å²) in [5.74, 6) is 0.948. The van der Waals surface area contributed by atoms with Gasteiger partial charge < -0.3 is 10.8 Å². The van der Waals surface area contributed by atoms with Crippen molar-refractivity contribution in [1.82, 2.24) is 0 Å². The van der Waals surface area contributed by atoms with Crippen LogP contribution < -0.4 is 5.73 Å². The minimum Gasteiger partial charge on any atom is -0.508 e. The molecule has 1 aliphatic rings. The second-order valence-corrected chi connectivity index (χ2v) is 4.05. The molecule has 0 aliphatic heterocycles. The van der Waals surface area contributed by atoms with Gasteiger partial charge in [-0.3, -0.25) is 0 Å². The van der Waals surface area contributed by atoms with Gasteiger partial charge >= 0.3 is 0 Å². The highest BCUT2D eigenvalue weighted by Gasteiger charge is 2.19. The molecule has 2 nitrogen and oxygen atoms in total. The summed E-state index contributed by atoms with van der Waals surface area (Å²) in [4.78, 5) is 0. The van der Waals surface area contributed by atoms with Gasteiger partial charge in [0.1, 0.15) is 5.75 Å². The van der Waals surface area contributed by atoms with E-state index in [9.17, 15) is 5.11 Å². The van der Waals surface area contributed by atoms with E-state index in [1.165, 1.54) is 24.0 Å². The van der Waals surface area contributed by atoms with E-state index >= 15 is 0 Å². The minimum atomic E-state index is 0. The van der Waals surface area contributed by atoms with Gasteiger partial charge in [0.05, 0.1) is 0 Å². The van der Waals surface area contributed by atoms with E-state index in [4.69, 9.17) is 5.73 Å². The Morgan fingerprint density at radius 1 is 1.40 bits per heavy atom. The summed E-state index contributed by atoms with van der Waals surface area (Å²) < 4.78 is 0. The average Bonchev–Trinajstić information content (AvgIpc) is 2.19. The SMILES string of the molecule is Cl.NCCC1CCCc2ccc(O)cc21. The highest BCUT2D eigenvalue weighted by atomic mass is 35.5. The van der Waals surface area contributed by atoms with Crippen LogP contribution in [0.1, 0.15) is 36.3 Å². The van der Waals surface area contributed by atoms with Gasteiger partial charge in [-0.05, 0) is 61.4 Å². The molecule has 1 unspecified atom stereocenters. The molecule has 0 bridgehead atoms. The number of hydrogen-bond acceptors (Lipinski definition) is 2. The molecule has 1 aliphatic carbocycles. The second-order valence-electron chi connectivity index (χ2n) is 4.05. The lowest BCUT2D eigenvalue weighted by Gasteiger charge is -2.25. The number of benzene rings is 1. The van der Waals surface area contributed by atoms with Crippen molar-refractivity contribution in [2.75, 3.05) is 6.54 Å². The Morgan fingerprint density at radius 2 is 2.20 bits per heavy atom. The Morgan fingerprint density at radius 3 is 2.93 bits per heavy atom. The maximum atomic E-state index is 9.44. The largest absolute Gasteiger partial charge is 0.508 e. The lowest BCUT2D eigenvalue weighted by Crippen LogP contribution is -2.13. The molecule has 1 aromatic rings. The first-order chi connectivity index (χ1) is 6.81. The molecule has 1 aromatic carbocycles. The van der Waals surface area contributed by atoms with Crippen LogP contribution in [0.25, 0.3) is 0 Å². The van der Waals surface area contributed by atoms with E-state index in [1.54, 1.807) is 6.07 Å². The lowest BCUT2D eigenvalue weighted by molar-refractivity contribution is 0.467. The number of aryl methyl sites for hydroxylation is 1. The third kappa shape index (κ3) is 2.64. The number of phenols is 1. The monoisotopic (exact) mass is 227 g/mol. The van der Waals surface area contributed by atoms with Gasteiger partial charge in [-0.15, -0.1) is 12.4 Å². The number of rotatable bonds is 2. The van der Waals surface area contributed by atoms with Crippen LogP contribution in [0, 0.1) is 0 Å². The zero-order valence-corrected chi connectivity index (χ0v) is 9.59. The van der Waals surface area contributed by atoms with Crippen LogP contribution in [0.3, 0.4) is 0 Å². The third-order valence-electron chi connectivity index (χ3n) is 3.08. The highest BCUT2D eigenvalue weighted by Crippen LogP contribution is 2.35. The summed E-state index contributed by atoms with van der Waals surface area (Å²) in [6.07, 6.45) is 4.66. The fraction of sp³-hybridized carbons (Fsp3) is 0.500. The molecule has 1 atom stereocenters. The van der Waals surface area contributed by atoms with Crippen LogP contribution >= 0.6 is 12.4 Å². The Balaban J connectivity index is 0.00000112. The fourth-order valence-corrected chi connectivity index (χ4v) is 2.39. The summed E-state index contributed by atoms with van der Waals surface area (Å²) in [6, 6.07) is 5.74. The fourth-order valence-electron chi connectivity index (χ4n) is 2.39. The Labute approximate surface area is 96.9 Å². The highest BCUT2D eigenvalue weighted by molar-refractivity contribution is 5.85. The first-order valence-corrected chi connectivity index (χ1v) is 5.33. The normalized spacial score (nSPS) is 19.1. The molecule has 15 heavy (non-hydrogen) atoms. The van der Waals surface area contributed by atoms with Gasteiger partial charge in [-0.25, -0.2) is 0 Å². The molecule has 3 N–H and O–H groups in total. The topological polar surface area (TPSA) is 46.2 Å². The van der Waals surface area contributed by atoms with Crippen LogP contribution in [0.5, 0.6) is 5.75 Å². The molecule has 84 valence electrons. The van der Waals surface area contributed by atoms with Gasteiger partial charge in [0, 0.05) is 0 Å². The van der Waals surface area contributed by atoms with Gasteiger partial charge in [0.15, 0.2) is 0 Å². The van der Waals surface area contributed by atoms with Crippen LogP contribution in [0.2, 0.25) is 0 Å². The first-order valence-electron chi connectivity index (χ1n) is 5.33. The first kappa shape index (κ1) is 12.3. The maximum Gasteiger partial charge on any atom is 0.115 e. The van der Waals surface area contributed by atoms with Crippen molar-refractivity contribution in [2.45, 2.75) is 31.6 Å². The number of phenolic OH excluding ortho intramolecular Hbond substituents is 1. The molecule has 0 amide bonds.